The van der Waals surface area contributed by atoms with Gasteiger partial charge in [0.25, 0.3) is 0 Å². The molecule has 1 unspecified atom stereocenters. The monoisotopic (exact) mass is 358 g/mol. The second-order valence-corrected chi connectivity index (χ2v) is 5.16. The van der Waals surface area contributed by atoms with Crippen LogP contribution in [0, 0.1) is 13.8 Å². The molecule has 0 aliphatic rings. The maximum Gasteiger partial charge on any atom is 0.455 e. The van der Waals surface area contributed by atoms with E-state index in [2.05, 4.69) is 10.6 Å². The zero-order chi connectivity index (χ0) is 18.9. The first-order valence-corrected chi connectivity index (χ1v) is 6.78. The van der Waals surface area contributed by atoms with E-state index >= 15 is 0 Å². The number of hydrogen-bond donors (Lipinski definition) is 3. The van der Waals surface area contributed by atoms with Gasteiger partial charge >= 0.3 is 24.0 Å². The fourth-order valence-corrected chi connectivity index (χ4v) is 2.03. The molecule has 0 fully saturated rings. The average molecular weight is 358 g/mol. The van der Waals surface area contributed by atoms with Gasteiger partial charge in [0.05, 0.1) is 0 Å². The second-order valence-electron chi connectivity index (χ2n) is 5.16. The molecule has 0 aliphatic heterocycles. The number of aliphatic hydroxyl groups is 1. The van der Waals surface area contributed by atoms with Gasteiger partial charge in [-0.1, -0.05) is 0 Å². The van der Waals surface area contributed by atoms with Gasteiger partial charge in [0.15, 0.2) is 0 Å². The maximum atomic E-state index is 13.9. The molecule has 0 saturated carbocycles. The van der Waals surface area contributed by atoms with Crippen LogP contribution in [-0.4, -0.2) is 29.7 Å². The van der Waals surface area contributed by atoms with Crippen LogP contribution in [0.1, 0.15) is 23.6 Å². The summed E-state index contributed by atoms with van der Waals surface area (Å²) in [7, 11) is 0. The van der Waals surface area contributed by atoms with Gasteiger partial charge < -0.3 is 15.7 Å². The minimum atomic E-state index is -6.18. The molecule has 24 heavy (non-hydrogen) atoms. The number of rotatable bonds is 4. The van der Waals surface area contributed by atoms with Gasteiger partial charge in [-0.3, -0.25) is 0 Å². The molecule has 0 saturated heterocycles. The van der Waals surface area contributed by atoms with Crippen LogP contribution in [0.5, 0.6) is 0 Å². The number of aryl methyl sites for hydroxylation is 2. The zero-order valence-corrected chi connectivity index (χ0v) is 13.0. The summed E-state index contributed by atoms with van der Waals surface area (Å²) in [6.07, 6.45) is -6.18. The Balaban J connectivity index is 3.31. The average Bonchev–Trinajstić information content (AvgIpc) is 2.41. The lowest BCUT2D eigenvalue weighted by Crippen LogP contribution is -2.53. The van der Waals surface area contributed by atoms with Crippen molar-refractivity contribution in [2.45, 2.75) is 38.7 Å². The number of carbonyl (C=O) groups excluding carboxylic acids is 1. The Bertz CT molecular complexity index is 605. The van der Waals surface area contributed by atoms with Crippen molar-refractivity contribution >= 4 is 11.7 Å². The van der Waals surface area contributed by atoms with Crippen LogP contribution in [0.15, 0.2) is 12.1 Å². The van der Waals surface area contributed by atoms with Gasteiger partial charge in [-0.15, -0.1) is 0 Å². The number of nitrogens with one attached hydrogen (secondary N) is 2. The predicted octanol–water partition coefficient (Wildman–Crippen LogP) is 3.76. The maximum absolute atomic E-state index is 13.9. The quantitative estimate of drug-likeness (QED) is 0.718. The number of alkyl halides is 6. The minimum absolute atomic E-state index is 0.0195. The first kappa shape index (κ1) is 20.1. The highest BCUT2D eigenvalue weighted by Crippen LogP contribution is 2.49. The summed E-state index contributed by atoms with van der Waals surface area (Å²) in [5.41, 5.74) is -1.31. The van der Waals surface area contributed by atoms with E-state index in [4.69, 9.17) is 5.11 Å². The van der Waals surface area contributed by atoms with Crippen molar-refractivity contribution < 1.29 is 36.2 Å². The molecular formula is C14H16F6N2O2. The number of halogens is 6. The lowest BCUT2D eigenvalue weighted by Gasteiger charge is -2.31. The fourth-order valence-electron chi connectivity index (χ4n) is 2.03. The lowest BCUT2D eigenvalue weighted by molar-refractivity contribution is -0.390. The number of carbonyl (C=O) groups is 1. The number of amides is 2. The van der Waals surface area contributed by atoms with Gasteiger partial charge in [-0.2, -0.15) is 26.3 Å². The van der Waals surface area contributed by atoms with E-state index in [1.54, 1.807) is 6.92 Å². The van der Waals surface area contributed by atoms with E-state index in [1.165, 1.54) is 13.8 Å². The van der Waals surface area contributed by atoms with Gasteiger partial charge in [-0.25, -0.2) is 4.79 Å². The van der Waals surface area contributed by atoms with Crippen molar-refractivity contribution in [3.05, 3.63) is 28.8 Å². The third-order valence-corrected chi connectivity index (χ3v) is 3.26. The molecule has 2 amide bonds. The Morgan fingerprint density at radius 1 is 1.08 bits per heavy atom. The van der Waals surface area contributed by atoms with Crippen molar-refractivity contribution in [1.82, 2.24) is 5.32 Å². The van der Waals surface area contributed by atoms with Crippen molar-refractivity contribution in [2.24, 2.45) is 0 Å². The number of urea groups is 1. The summed E-state index contributed by atoms with van der Waals surface area (Å²) >= 11 is 0. The van der Waals surface area contributed by atoms with Crippen LogP contribution < -0.4 is 10.6 Å². The molecule has 3 N–H and O–H groups in total. The highest BCUT2D eigenvalue weighted by atomic mass is 19.4. The van der Waals surface area contributed by atoms with Crippen molar-refractivity contribution in [2.75, 3.05) is 11.9 Å². The summed E-state index contributed by atoms with van der Waals surface area (Å²) in [5, 5.41) is 13.4. The Labute approximate surface area is 133 Å². The molecule has 136 valence electrons. The molecule has 10 heteroatoms. The van der Waals surface area contributed by atoms with Crippen LogP contribution in [-0.2, 0) is 5.92 Å². The van der Waals surface area contributed by atoms with E-state index in [0.717, 1.165) is 0 Å². The molecular weight excluding hydrogens is 342 g/mol. The number of benzene rings is 1. The van der Waals surface area contributed by atoms with Gasteiger partial charge in [0.1, 0.15) is 0 Å². The van der Waals surface area contributed by atoms with Gasteiger partial charge in [-0.05, 0) is 44.0 Å². The highest BCUT2D eigenvalue weighted by Gasteiger charge is 2.71. The lowest BCUT2D eigenvalue weighted by atomic mass is 9.95. The topological polar surface area (TPSA) is 61.4 Å². The Hall–Kier alpha value is -1.97. The van der Waals surface area contributed by atoms with Crippen LogP contribution in [0.3, 0.4) is 0 Å². The van der Waals surface area contributed by atoms with E-state index in [1.807, 2.05) is 0 Å². The normalized spacial score (nSPS) is 14.9. The van der Waals surface area contributed by atoms with Gasteiger partial charge in [0.2, 0.25) is 0 Å². The molecule has 1 atom stereocenters. The van der Waals surface area contributed by atoms with Crippen LogP contribution in [0.2, 0.25) is 0 Å². The molecule has 1 aromatic carbocycles. The molecule has 0 aliphatic carbocycles. The minimum Gasteiger partial charge on any atom is -0.350 e. The third kappa shape index (κ3) is 3.58. The molecule has 1 aromatic rings. The van der Waals surface area contributed by atoms with Crippen molar-refractivity contribution in [3.8, 4) is 0 Å². The van der Waals surface area contributed by atoms with Crippen LogP contribution in [0.25, 0.3) is 0 Å². The molecule has 0 bridgehead atoms. The Morgan fingerprint density at radius 3 is 1.92 bits per heavy atom. The standard InChI is InChI=1S/C14H16F6N2O2/c1-4-21-11(23)22-10-7(2)5-9(6-8(10)3)12(15,16)13(17,24)14(18,19)20/h5-6,24H,4H2,1-3H3,(H2,21,22,23). The molecule has 0 spiro atoms. The summed E-state index contributed by atoms with van der Waals surface area (Å²) in [5.74, 6) is -11.0. The van der Waals surface area contributed by atoms with Crippen molar-refractivity contribution in [3.63, 3.8) is 0 Å². The Kier molecular flexibility index (Phi) is 5.44. The molecule has 0 heterocycles. The van der Waals surface area contributed by atoms with E-state index in [-0.39, 0.29) is 16.8 Å². The molecule has 4 nitrogen and oxygen atoms in total. The van der Waals surface area contributed by atoms with E-state index in [0.29, 0.717) is 18.7 Å². The summed E-state index contributed by atoms with van der Waals surface area (Å²) in [6.45, 7) is 4.43. The van der Waals surface area contributed by atoms with Gasteiger partial charge in [0, 0.05) is 17.8 Å². The Morgan fingerprint density at radius 2 is 1.54 bits per heavy atom. The highest BCUT2D eigenvalue weighted by molar-refractivity contribution is 5.91. The van der Waals surface area contributed by atoms with E-state index in [9.17, 15) is 31.1 Å². The molecule has 0 radical (unpaired) electrons. The summed E-state index contributed by atoms with van der Waals surface area (Å²) < 4.78 is 78.2. The first-order valence-electron chi connectivity index (χ1n) is 6.78. The number of anilines is 1. The van der Waals surface area contributed by atoms with Crippen molar-refractivity contribution in [1.29, 1.82) is 0 Å². The predicted molar refractivity (Wildman–Crippen MR) is 74.6 cm³/mol. The van der Waals surface area contributed by atoms with Crippen LogP contribution >= 0.6 is 0 Å². The third-order valence-electron chi connectivity index (χ3n) is 3.26. The first-order chi connectivity index (χ1) is 10.8. The second kappa shape index (κ2) is 6.50. The van der Waals surface area contributed by atoms with Crippen LogP contribution in [0.4, 0.5) is 36.8 Å². The van der Waals surface area contributed by atoms with E-state index < -0.39 is 29.5 Å². The summed E-state index contributed by atoms with van der Waals surface area (Å²) in [6, 6.07) is 0.510. The SMILES string of the molecule is CCNC(=O)Nc1c(C)cc(C(F)(F)C(O)(F)C(F)(F)F)cc1C. The smallest absolute Gasteiger partial charge is 0.350 e. The fraction of sp³-hybridized carbons (Fsp3) is 0.500. The molecule has 0 aromatic heterocycles. The summed E-state index contributed by atoms with van der Waals surface area (Å²) in [4.78, 5) is 11.5. The molecule has 1 rings (SSSR count). The zero-order valence-electron chi connectivity index (χ0n) is 13.0. The number of hydrogen-bond acceptors (Lipinski definition) is 2. The largest absolute Gasteiger partial charge is 0.455 e.